The van der Waals surface area contributed by atoms with Crippen LogP contribution < -0.4 is 4.74 Å². The zero-order valence-electron chi connectivity index (χ0n) is 13.6. The summed E-state index contributed by atoms with van der Waals surface area (Å²) in [7, 11) is 1.80. The minimum Gasteiger partial charge on any atom is -0.481 e. The molecule has 0 bridgehead atoms. The normalized spacial score (nSPS) is 12.0. The summed E-state index contributed by atoms with van der Waals surface area (Å²) in [6.45, 7) is 5.75. The van der Waals surface area contributed by atoms with Crippen molar-refractivity contribution < 1.29 is 9.53 Å². The molecule has 116 valence electrons. The number of ether oxygens (including phenoxy) is 1. The lowest BCUT2D eigenvalue weighted by Gasteiger charge is -2.25. The topological polar surface area (TPSA) is 29.5 Å². The number of amides is 1. The van der Waals surface area contributed by atoms with Crippen molar-refractivity contribution in [3.05, 3.63) is 54.6 Å². The Morgan fingerprint density at radius 2 is 1.45 bits per heavy atom. The Morgan fingerprint density at radius 1 is 0.909 bits per heavy atom. The van der Waals surface area contributed by atoms with Gasteiger partial charge in [0.15, 0.2) is 6.10 Å². The molecule has 1 amide bonds. The minimum absolute atomic E-state index is 0.0119. The third-order valence-electron chi connectivity index (χ3n) is 3.74. The van der Waals surface area contributed by atoms with E-state index in [0.717, 1.165) is 11.1 Å². The van der Waals surface area contributed by atoms with Crippen molar-refractivity contribution in [2.24, 2.45) is 0 Å². The third kappa shape index (κ3) is 3.88. The average molecular weight is 297 g/mol. The molecule has 2 aromatic rings. The Labute approximate surface area is 132 Å². The van der Waals surface area contributed by atoms with E-state index in [-0.39, 0.29) is 11.9 Å². The van der Waals surface area contributed by atoms with Gasteiger partial charge in [0.1, 0.15) is 5.75 Å². The summed E-state index contributed by atoms with van der Waals surface area (Å²) < 4.78 is 5.75. The van der Waals surface area contributed by atoms with E-state index in [1.165, 1.54) is 0 Å². The lowest BCUT2D eigenvalue weighted by molar-refractivity contribution is -0.138. The molecule has 0 heterocycles. The first-order valence-corrected chi connectivity index (χ1v) is 7.58. The van der Waals surface area contributed by atoms with Gasteiger partial charge in [0.2, 0.25) is 0 Å². The van der Waals surface area contributed by atoms with E-state index in [2.05, 4.69) is 12.1 Å². The number of benzene rings is 2. The first kappa shape index (κ1) is 16.1. The van der Waals surface area contributed by atoms with Crippen LogP contribution >= 0.6 is 0 Å². The summed E-state index contributed by atoms with van der Waals surface area (Å²) >= 11 is 0. The monoisotopic (exact) mass is 297 g/mol. The molecule has 0 aliphatic heterocycles. The number of carbonyl (C=O) groups excluding carboxylic acids is 1. The van der Waals surface area contributed by atoms with Crippen molar-refractivity contribution in [2.45, 2.75) is 32.9 Å². The van der Waals surface area contributed by atoms with E-state index < -0.39 is 6.10 Å². The van der Waals surface area contributed by atoms with Gasteiger partial charge < -0.3 is 9.64 Å². The molecule has 0 N–H and O–H groups in total. The Balaban J connectivity index is 2.04. The van der Waals surface area contributed by atoms with Crippen molar-refractivity contribution in [3.8, 4) is 16.9 Å². The Hall–Kier alpha value is -2.29. The lowest BCUT2D eigenvalue weighted by Crippen LogP contribution is -2.41. The van der Waals surface area contributed by atoms with Crippen LogP contribution in [0.5, 0.6) is 5.75 Å². The molecular formula is C19H23NO2. The number of hydrogen-bond donors (Lipinski definition) is 0. The van der Waals surface area contributed by atoms with Gasteiger partial charge in [-0.05, 0) is 44.0 Å². The fourth-order valence-corrected chi connectivity index (χ4v) is 2.15. The lowest BCUT2D eigenvalue weighted by atomic mass is 10.1. The standard InChI is InChI=1S/C19H23NO2/c1-14(2)20(4)19(21)15(3)22-18-12-10-17(11-13-18)16-8-6-5-7-9-16/h5-15H,1-4H3. The zero-order valence-corrected chi connectivity index (χ0v) is 13.6. The van der Waals surface area contributed by atoms with Crippen LogP contribution in [0.2, 0.25) is 0 Å². The molecule has 3 heteroatoms. The van der Waals surface area contributed by atoms with Crippen LogP contribution in [0, 0.1) is 0 Å². The van der Waals surface area contributed by atoms with Crippen LogP contribution in [0.15, 0.2) is 54.6 Å². The average Bonchev–Trinajstić information content (AvgIpc) is 2.54. The quantitative estimate of drug-likeness (QED) is 0.835. The molecule has 0 saturated carbocycles. The molecule has 0 spiro atoms. The van der Waals surface area contributed by atoms with Gasteiger partial charge in [-0.1, -0.05) is 42.5 Å². The summed E-state index contributed by atoms with van der Waals surface area (Å²) in [5, 5.41) is 0. The summed E-state index contributed by atoms with van der Waals surface area (Å²) in [5.41, 5.74) is 2.30. The predicted octanol–water partition coefficient (Wildman–Crippen LogP) is 3.99. The fraction of sp³-hybridized carbons (Fsp3) is 0.316. The molecule has 0 aliphatic rings. The van der Waals surface area contributed by atoms with Gasteiger partial charge in [-0.2, -0.15) is 0 Å². The largest absolute Gasteiger partial charge is 0.481 e. The smallest absolute Gasteiger partial charge is 0.263 e. The molecule has 22 heavy (non-hydrogen) atoms. The van der Waals surface area contributed by atoms with E-state index in [9.17, 15) is 4.79 Å². The van der Waals surface area contributed by atoms with Crippen LogP contribution in [-0.2, 0) is 4.79 Å². The molecule has 0 aromatic heterocycles. The number of likely N-dealkylation sites (N-methyl/N-ethyl adjacent to an activating group) is 1. The van der Waals surface area contributed by atoms with E-state index in [4.69, 9.17) is 4.74 Å². The maximum absolute atomic E-state index is 12.2. The number of hydrogen-bond acceptors (Lipinski definition) is 2. The molecule has 0 saturated heterocycles. The van der Waals surface area contributed by atoms with Crippen molar-refractivity contribution in [2.75, 3.05) is 7.05 Å². The zero-order chi connectivity index (χ0) is 16.1. The highest BCUT2D eigenvalue weighted by Crippen LogP contribution is 2.22. The Morgan fingerprint density at radius 3 is 2.00 bits per heavy atom. The van der Waals surface area contributed by atoms with E-state index in [1.54, 1.807) is 18.9 Å². The molecule has 0 fully saturated rings. The van der Waals surface area contributed by atoms with Gasteiger partial charge in [-0.15, -0.1) is 0 Å². The van der Waals surface area contributed by atoms with E-state index >= 15 is 0 Å². The van der Waals surface area contributed by atoms with Crippen LogP contribution in [0.1, 0.15) is 20.8 Å². The van der Waals surface area contributed by atoms with E-state index in [0.29, 0.717) is 5.75 Å². The highest BCUT2D eigenvalue weighted by atomic mass is 16.5. The molecule has 2 rings (SSSR count). The van der Waals surface area contributed by atoms with Gasteiger partial charge in [0.05, 0.1) is 0 Å². The van der Waals surface area contributed by atoms with Gasteiger partial charge in [-0.3, -0.25) is 4.79 Å². The molecule has 1 atom stereocenters. The number of nitrogens with zero attached hydrogens (tertiary/aromatic N) is 1. The fourth-order valence-electron chi connectivity index (χ4n) is 2.15. The second-order valence-electron chi connectivity index (χ2n) is 5.69. The highest BCUT2D eigenvalue weighted by Gasteiger charge is 2.20. The van der Waals surface area contributed by atoms with Crippen molar-refractivity contribution >= 4 is 5.91 Å². The molecule has 3 nitrogen and oxygen atoms in total. The van der Waals surface area contributed by atoms with Crippen molar-refractivity contribution in [3.63, 3.8) is 0 Å². The summed E-state index contributed by atoms with van der Waals surface area (Å²) in [6.07, 6.45) is -0.491. The summed E-state index contributed by atoms with van der Waals surface area (Å²) in [4.78, 5) is 13.9. The summed E-state index contributed by atoms with van der Waals surface area (Å²) in [5.74, 6) is 0.694. The Bertz CT molecular complexity index is 605. The Kier molecular flexibility index (Phi) is 5.21. The molecule has 0 radical (unpaired) electrons. The maximum Gasteiger partial charge on any atom is 0.263 e. The highest BCUT2D eigenvalue weighted by molar-refractivity contribution is 5.80. The van der Waals surface area contributed by atoms with Crippen molar-refractivity contribution in [1.29, 1.82) is 0 Å². The van der Waals surface area contributed by atoms with Crippen LogP contribution in [0.4, 0.5) is 0 Å². The van der Waals surface area contributed by atoms with Crippen LogP contribution in [0.25, 0.3) is 11.1 Å². The molecule has 0 aliphatic carbocycles. The minimum atomic E-state index is -0.491. The van der Waals surface area contributed by atoms with Gasteiger partial charge in [0.25, 0.3) is 5.91 Å². The SMILES string of the molecule is CC(Oc1ccc(-c2ccccc2)cc1)C(=O)N(C)C(C)C. The summed E-state index contributed by atoms with van der Waals surface area (Å²) in [6, 6.07) is 18.2. The molecular weight excluding hydrogens is 274 g/mol. The maximum atomic E-state index is 12.2. The number of rotatable bonds is 5. The number of carbonyl (C=O) groups is 1. The second-order valence-corrected chi connectivity index (χ2v) is 5.69. The second kappa shape index (κ2) is 7.12. The first-order chi connectivity index (χ1) is 10.5. The van der Waals surface area contributed by atoms with Crippen LogP contribution in [0.3, 0.4) is 0 Å². The third-order valence-corrected chi connectivity index (χ3v) is 3.74. The molecule has 2 aromatic carbocycles. The van der Waals surface area contributed by atoms with Crippen molar-refractivity contribution in [1.82, 2.24) is 4.90 Å². The predicted molar refractivity (Wildman–Crippen MR) is 89.9 cm³/mol. The van der Waals surface area contributed by atoms with Gasteiger partial charge in [0, 0.05) is 13.1 Å². The van der Waals surface area contributed by atoms with E-state index in [1.807, 2.05) is 56.3 Å². The van der Waals surface area contributed by atoms with Crippen LogP contribution in [-0.4, -0.2) is 30.0 Å². The van der Waals surface area contributed by atoms with Gasteiger partial charge >= 0.3 is 0 Å². The first-order valence-electron chi connectivity index (χ1n) is 7.58. The van der Waals surface area contributed by atoms with Gasteiger partial charge in [-0.25, -0.2) is 0 Å². The molecule has 1 unspecified atom stereocenters.